The van der Waals surface area contributed by atoms with Gasteiger partial charge in [0.1, 0.15) is 0 Å². The molecule has 0 aromatic heterocycles. The van der Waals surface area contributed by atoms with E-state index in [2.05, 4.69) is 10.6 Å². The zero-order valence-corrected chi connectivity index (χ0v) is 9.14. The summed E-state index contributed by atoms with van der Waals surface area (Å²) in [5.41, 5.74) is 0.231. The van der Waals surface area contributed by atoms with Gasteiger partial charge in [-0.25, -0.2) is 0 Å². The summed E-state index contributed by atoms with van der Waals surface area (Å²) in [6.07, 6.45) is 6.56. The molecule has 0 saturated carbocycles. The molecule has 2 rings (SSSR count). The highest BCUT2D eigenvalue weighted by Crippen LogP contribution is 2.28. The van der Waals surface area contributed by atoms with Gasteiger partial charge in [-0.1, -0.05) is 6.42 Å². The van der Waals surface area contributed by atoms with Crippen molar-refractivity contribution in [1.82, 2.24) is 10.6 Å². The molecule has 0 spiro atoms. The first-order valence-electron chi connectivity index (χ1n) is 5.85. The monoisotopic (exact) mass is 198 g/mol. The molecule has 2 atom stereocenters. The van der Waals surface area contributed by atoms with Crippen LogP contribution in [0.25, 0.3) is 0 Å². The second kappa shape index (κ2) is 4.60. The maximum atomic E-state index is 5.38. The van der Waals surface area contributed by atoms with E-state index in [1.165, 1.54) is 38.6 Å². The minimum atomic E-state index is 0.231. The Hall–Kier alpha value is -0.120. The van der Waals surface area contributed by atoms with Gasteiger partial charge < -0.3 is 15.4 Å². The van der Waals surface area contributed by atoms with Gasteiger partial charge in [-0.2, -0.15) is 0 Å². The molecular weight excluding hydrogens is 176 g/mol. The van der Waals surface area contributed by atoms with E-state index in [1.807, 2.05) is 7.11 Å². The van der Waals surface area contributed by atoms with Crippen LogP contribution in [0.5, 0.6) is 0 Å². The molecule has 0 radical (unpaired) electrons. The Labute approximate surface area is 86.6 Å². The molecule has 2 heterocycles. The van der Waals surface area contributed by atoms with E-state index in [9.17, 15) is 0 Å². The highest BCUT2D eigenvalue weighted by molar-refractivity contribution is 5.03. The van der Waals surface area contributed by atoms with Gasteiger partial charge >= 0.3 is 0 Å². The zero-order valence-electron chi connectivity index (χ0n) is 9.14. The molecule has 2 saturated heterocycles. The lowest BCUT2D eigenvalue weighted by Crippen LogP contribution is -2.60. The maximum absolute atomic E-state index is 5.38. The van der Waals surface area contributed by atoms with Gasteiger partial charge in [0.2, 0.25) is 0 Å². The molecule has 2 aliphatic rings. The lowest BCUT2D eigenvalue weighted by atomic mass is 9.84. The fraction of sp³-hybridized carbons (Fsp3) is 1.00. The van der Waals surface area contributed by atoms with Gasteiger partial charge in [-0.15, -0.1) is 0 Å². The first-order valence-corrected chi connectivity index (χ1v) is 5.85. The van der Waals surface area contributed by atoms with E-state index in [0.717, 1.165) is 13.2 Å². The van der Waals surface area contributed by atoms with Crippen LogP contribution >= 0.6 is 0 Å². The largest absolute Gasteiger partial charge is 0.383 e. The van der Waals surface area contributed by atoms with E-state index in [1.54, 1.807) is 0 Å². The van der Waals surface area contributed by atoms with Crippen LogP contribution in [-0.4, -0.2) is 38.4 Å². The number of piperidine rings is 1. The van der Waals surface area contributed by atoms with Crippen molar-refractivity contribution in [3.05, 3.63) is 0 Å². The van der Waals surface area contributed by atoms with Crippen LogP contribution in [0.1, 0.15) is 32.1 Å². The number of hydrogen-bond acceptors (Lipinski definition) is 3. The van der Waals surface area contributed by atoms with Gasteiger partial charge in [0.25, 0.3) is 0 Å². The second-order valence-corrected chi connectivity index (χ2v) is 4.62. The van der Waals surface area contributed by atoms with E-state index in [4.69, 9.17) is 4.74 Å². The van der Waals surface area contributed by atoms with Crippen LogP contribution in [0.2, 0.25) is 0 Å². The Morgan fingerprint density at radius 2 is 2.21 bits per heavy atom. The molecule has 0 aromatic rings. The Balaban J connectivity index is 2.00. The molecule has 3 heteroatoms. The second-order valence-electron chi connectivity index (χ2n) is 4.62. The van der Waals surface area contributed by atoms with Crippen molar-refractivity contribution < 1.29 is 4.74 Å². The highest BCUT2D eigenvalue weighted by atomic mass is 16.5. The van der Waals surface area contributed by atoms with Gasteiger partial charge in [-0.05, 0) is 38.8 Å². The quantitative estimate of drug-likeness (QED) is 0.707. The number of hydrogen-bond donors (Lipinski definition) is 2. The molecule has 2 aliphatic heterocycles. The minimum absolute atomic E-state index is 0.231. The third-order valence-electron chi connectivity index (χ3n) is 3.66. The number of methoxy groups -OCH3 is 1. The fourth-order valence-electron chi connectivity index (χ4n) is 2.93. The molecule has 3 nitrogen and oxygen atoms in total. The predicted octanol–water partition coefficient (Wildman–Crippen LogP) is 0.897. The summed E-state index contributed by atoms with van der Waals surface area (Å²) in [7, 11) is 1.81. The van der Waals surface area contributed by atoms with Crippen molar-refractivity contribution in [2.45, 2.75) is 43.7 Å². The minimum Gasteiger partial charge on any atom is -0.383 e. The standard InChI is InChI=1S/C11H22N2O/c1-14-9-11(6-4-8-13-11)10-5-2-3-7-12-10/h10,12-13H,2-9H2,1H3. The first kappa shape index (κ1) is 10.4. The van der Waals surface area contributed by atoms with E-state index >= 15 is 0 Å². The van der Waals surface area contributed by atoms with Crippen LogP contribution in [0, 0.1) is 0 Å². The Morgan fingerprint density at radius 3 is 2.79 bits per heavy atom. The molecule has 0 aliphatic carbocycles. The molecule has 14 heavy (non-hydrogen) atoms. The van der Waals surface area contributed by atoms with Crippen LogP contribution in [0.3, 0.4) is 0 Å². The first-order chi connectivity index (χ1) is 6.87. The molecular formula is C11H22N2O. The lowest BCUT2D eigenvalue weighted by Gasteiger charge is -2.40. The van der Waals surface area contributed by atoms with E-state index in [0.29, 0.717) is 6.04 Å². The topological polar surface area (TPSA) is 33.3 Å². The van der Waals surface area contributed by atoms with Crippen molar-refractivity contribution >= 4 is 0 Å². The summed E-state index contributed by atoms with van der Waals surface area (Å²) in [4.78, 5) is 0. The third-order valence-corrected chi connectivity index (χ3v) is 3.66. The van der Waals surface area contributed by atoms with Crippen molar-refractivity contribution in [2.75, 3.05) is 26.8 Å². The normalized spacial score (nSPS) is 38.8. The Morgan fingerprint density at radius 1 is 1.29 bits per heavy atom. The summed E-state index contributed by atoms with van der Waals surface area (Å²) in [6, 6.07) is 0.624. The number of nitrogens with one attached hydrogen (secondary N) is 2. The molecule has 2 unspecified atom stereocenters. The molecule has 0 aromatic carbocycles. The predicted molar refractivity (Wildman–Crippen MR) is 57.5 cm³/mol. The molecule has 2 N–H and O–H groups in total. The molecule has 0 amide bonds. The van der Waals surface area contributed by atoms with Crippen LogP contribution < -0.4 is 10.6 Å². The van der Waals surface area contributed by atoms with Crippen LogP contribution in [-0.2, 0) is 4.74 Å². The number of ether oxygens (including phenoxy) is 1. The smallest absolute Gasteiger partial charge is 0.0659 e. The average molecular weight is 198 g/mol. The van der Waals surface area contributed by atoms with E-state index < -0.39 is 0 Å². The van der Waals surface area contributed by atoms with Gasteiger partial charge in [-0.3, -0.25) is 0 Å². The third kappa shape index (κ3) is 1.95. The molecule has 0 bridgehead atoms. The summed E-state index contributed by atoms with van der Waals surface area (Å²) >= 11 is 0. The zero-order chi connectivity index (χ0) is 9.86. The van der Waals surface area contributed by atoms with Crippen LogP contribution in [0.15, 0.2) is 0 Å². The maximum Gasteiger partial charge on any atom is 0.0659 e. The Kier molecular flexibility index (Phi) is 3.42. The Bertz CT molecular complexity index is 172. The summed E-state index contributed by atoms with van der Waals surface area (Å²) in [6.45, 7) is 3.18. The van der Waals surface area contributed by atoms with Crippen molar-refractivity contribution in [2.24, 2.45) is 0 Å². The molecule has 82 valence electrons. The van der Waals surface area contributed by atoms with Gasteiger partial charge in [0.15, 0.2) is 0 Å². The van der Waals surface area contributed by atoms with Crippen LogP contribution in [0.4, 0.5) is 0 Å². The van der Waals surface area contributed by atoms with Crippen molar-refractivity contribution in [1.29, 1.82) is 0 Å². The summed E-state index contributed by atoms with van der Waals surface area (Å²) in [5.74, 6) is 0. The molecule has 2 fully saturated rings. The fourth-order valence-corrected chi connectivity index (χ4v) is 2.93. The van der Waals surface area contributed by atoms with Crippen molar-refractivity contribution in [3.8, 4) is 0 Å². The number of rotatable bonds is 3. The van der Waals surface area contributed by atoms with E-state index in [-0.39, 0.29) is 5.54 Å². The van der Waals surface area contributed by atoms with Gasteiger partial charge in [0, 0.05) is 13.2 Å². The highest BCUT2D eigenvalue weighted by Gasteiger charge is 2.41. The average Bonchev–Trinajstić information content (AvgIpc) is 2.70. The van der Waals surface area contributed by atoms with Gasteiger partial charge in [0.05, 0.1) is 12.1 Å². The SMILES string of the molecule is COCC1(C2CCCCN2)CCCN1. The summed E-state index contributed by atoms with van der Waals surface area (Å²) in [5, 5.41) is 7.30. The summed E-state index contributed by atoms with van der Waals surface area (Å²) < 4.78 is 5.38. The van der Waals surface area contributed by atoms with Crippen molar-refractivity contribution in [3.63, 3.8) is 0 Å². The lowest BCUT2D eigenvalue weighted by molar-refractivity contribution is 0.0849.